The predicted molar refractivity (Wildman–Crippen MR) is 81.0 cm³/mol. The summed E-state index contributed by atoms with van der Waals surface area (Å²) >= 11 is 6.32. The monoisotopic (exact) mass is 282 g/mol. The molecule has 19 heavy (non-hydrogen) atoms. The van der Waals surface area contributed by atoms with E-state index in [9.17, 15) is 0 Å². The van der Waals surface area contributed by atoms with Crippen molar-refractivity contribution in [1.29, 1.82) is 0 Å². The van der Waals surface area contributed by atoms with Crippen molar-refractivity contribution in [2.45, 2.75) is 19.4 Å². The molecule has 0 atom stereocenters. The molecule has 0 radical (unpaired) electrons. The maximum absolute atomic E-state index is 6.32. The molecule has 1 saturated carbocycles. The molecule has 1 aromatic rings. The molecule has 0 bridgehead atoms. The quantitative estimate of drug-likeness (QED) is 0.742. The lowest BCUT2D eigenvalue weighted by molar-refractivity contribution is 0.131. The molecule has 0 saturated heterocycles. The van der Waals surface area contributed by atoms with Gasteiger partial charge in [0.05, 0.1) is 17.3 Å². The topological polar surface area (TPSA) is 24.5 Å². The van der Waals surface area contributed by atoms with Crippen LogP contribution >= 0.6 is 11.6 Å². The van der Waals surface area contributed by atoms with Crippen LogP contribution in [-0.4, -0.2) is 33.9 Å². The lowest BCUT2D eigenvalue weighted by Gasteiger charge is -2.21. The van der Waals surface area contributed by atoms with Crippen molar-refractivity contribution in [1.82, 2.24) is 5.32 Å². The number of benzene rings is 1. The van der Waals surface area contributed by atoms with Gasteiger partial charge in [-0.05, 0) is 43.5 Å². The maximum atomic E-state index is 6.32. The van der Waals surface area contributed by atoms with Crippen LogP contribution in [0, 0.1) is 5.92 Å². The molecule has 0 spiro atoms. The number of hydrogen-bond donors (Lipinski definition) is 1. The van der Waals surface area contributed by atoms with Crippen molar-refractivity contribution in [3.8, 4) is 0 Å². The van der Waals surface area contributed by atoms with Gasteiger partial charge in [-0.25, -0.2) is 0 Å². The molecular formula is C15H23ClN2O. The van der Waals surface area contributed by atoms with Gasteiger partial charge in [0, 0.05) is 26.7 Å². The molecule has 1 N–H and O–H groups in total. The van der Waals surface area contributed by atoms with Gasteiger partial charge in [0.15, 0.2) is 0 Å². The van der Waals surface area contributed by atoms with Crippen LogP contribution < -0.4 is 10.2 Å². The summed E-state index contributed by atoms with van der Waals surface area (Å²) < 4.78 is 5.66. The first-order chi connectivity index (χ1) is 9.20. The van der Waals surface area contributed by atoms with Gasteiger partial charge >= 0.3 is 0 Å². The third-order valence-electron chi connectivity index (χ3n) is 3.43. The van der Waals surface area contributed by atoms with Crippen molar-refractivity contribution >= 4 is 17.3 Å². The van der Waals surface area contributed by atoms with Crippen molar-refractivity contribution in [3.63, 3.8) is 0 Å². The molecular weight excluding hydrogens is 260 g/mol. The van der Waals surface area contributed by atoms with Crippen LogP contribution in [0.4, 0.5) is 5.69 Å². The van der Waals surface area contributed by atoms with Crippen molar-refractivity contribution < 1.29 is 4.74 Å². The molecule has 0 aromatic heterocycles. The summed E-state index contributed by atoms with van der Waals surface area (Å²) in [5.74, 6) is 0.828. The normalized spacial score (nSPS) is 14.7. The third-order valence-corrected chi connectivity index (χ3v) is 3.73. The summed E-state index contributed by atoms with van der Waals surface area (Å²) in [5.41, 5.74) is 2.27. The lowest BCUT2D eigenvalue weighted by Crippen LogP contribution is -2.23. The minimum Gasteiger partial charge on any atom is -0.379 e. The van der Waals surface area contributed by atoms with Crippen molar-refractivity contribution in [2.75, 3.05) is 38.8 Å². The third kappa shape index (κ3) is 4.68. The SMILES string of the molecule is CNCc1ccc(N(C)CCOCC2CC2)c(Cl)c1. The highest BCUT2D eigenvalue weighted by atomic mass is 35.5. The Hall–Kier alpha value is -0.770. The zero-order chi connectivity index (χ0) is 13.7. The van der Waals surface area contributed by atoms with E-state index in [0.717, 1.165) is 42.9 Å². The largest absolute Gasteiger partial charge is 0.379 e. The van der Waals surface area contributed by atoms with E-state index in [0.29, 0.717) is 0 Å². The molecule has 0 aliphatic heterocycles. The lowest BCUT2D eigenvalue weighted by atomic mass is 10.2. The van der Waals surface area contributed by atoms with E-state index in [1.54, 1.807) is 0 Å². The van der Waals surface area contributed by atoms with Gasteiger partial charge in [0.1, 0.15) is 0 Å². The second-order valence-electron chi connectivity index (χ2n) is 5.26. The Kier molecular flexibility index (Phi) is 5.49. The number of nitrogens with one attached hydrogen (secondary N) is 1. The number of halogens is 1. The first kappa shape index (κ1) is 14.6. The van der Waals surface area contributed by atoms with E-state index in [2.05, 4.69) is 29.4 Å². The van der Waals surface area contributed by atoms with Crippen LogP contribution in [0.25, 0.3) is 0 Å². The number of nitrogens with zero attached hydrogens (tertiary/aromatic N) is 1. The molecule has 106 valence electrons. The summed E-state index contributed by atoms with van der Waals surface area (Å²) in [5, 5.41) is 3.93. The highest BCUT2D eigenvalue weighted by Crippen LogP contribution is 2.29. The Balaban J connectivity index is 1.81. The smallest absolute Gasteiger partial charge is 0.0642 e. The maximum Gasteiger partial charge on any atom is 0.0642 e. The van der Waals surface area contributed by atoms with Gasteiger partial charge in [-0.2, -0.15) is 0 Å². The molecule has 1 fully saturated rings. The summed E-state index contributed by atoms with van der Waals surface area (Å²) in [4.78, 5) is 2.15. The highest BCUT2D eigenvalue weighted by molar-refractivity contribution is 6.33. The predicted octanol–water partition coefficient (Wildman–Crippen LogP) is 2.92. The van der Waals surface area contributed by atoms with Crippen LogP contribution in [0.15, 0.2) is 18.2 Å². The zero-order valence-electron chi connectivity index (χ0n) is 11.8. The summed E-state index contributed by atoms with van der Waals surface area (Å²) in [7, 11) is 3.99. The number of anilines is 1. The first-order valence-corrected chi connectivity index (χ1v) is 7.30. The molecule has 1 aromatic carbocycles. The summed E-state index contributed by atoms with van der Waals surface area (Å²) in [6, 6.07) is 6.21. The Morgan fingerprint density at radius 1 is 1.42 bits per heavy atom. The molecule has 4 heteroatoms. The Morgan fingerprint density at radius 3 is 2.84 bits per heavy atom. The minimum absolute atomic E-state index is 0.765. The molecule has 1 aliphatic rings. The molecule has 0 amide bonds. The second kappa shape index (κ2) is 7.13. The van der Waals surface area contributed by atoms with Crippen LogP contribution in [0.2, 0.25) is 5.02 Å². The average Bonchev–Trinajstić information content (AvgIpc) is 3.19. The van der Waals surface area contributed by atoms with Gasteiger partial charge in [0.2, 0.25) is 0 Å². The van der Waals surface area contributed by atoms with Gasteiger partial charge in [-0.3, -0.25) is 0 Å². The number of likely N-dealkylation sites (N-methyl/N-ethyl adjacent to an activating group) is 1. The average molecular weight is 283 g/mol. The van der Waals surface area contributed by atoms with Crippen LogP contribution in [0.1, 0.15) is 18.4 Å². The number of ether oxygens (including phenoxy) is 1. The van der Waals surface area contributed by atoms with Gasteiger partial charge in [-0.15, -0.1) is 0 Å². The van der Waals surface area contributed by atoms with E-state index in [1.807, 2.05) is 13.1 Å². The van der Waals surface area contributed by atoms with Crippen LogP contribution in [0.3, 0.4) is 0 Å². The molecule has 1 aliphatic carbocycles. The van der Waals surface area contributed by atoms with Crippen molar-refractivity contribution in [3.05, 3.63) is 28.8 Å². The van der Waals surface area contributed by atoms with E-state index >= 15 is 0 Å². The fourth-order valence-electron chi connectivity index (χ4n) is 2.03. The van der Waals surface area contributed by atoms with Crippen molar-refractivity contribution in [2.24, 2.45) is 5.92 Å². The standard InChI is InChI=1S/C15H23ClN2O/c1-17-10-13-5-6-15(14(16)9-13)18(2)7-8-19-11-12-3-4-12/h5-6,9,12,17H,3-4,7-8,10-11H2,1-2H3. The summed E-state index contributed by atoms with van der Waals surface area (Å²) in [6.45, 7) is 3.40. The fraction of sp³-hybridized carbons (Fsp3) is 0.600. The van der Waals surface area contributed by atoms with Gasteiger partial charge < -0.3 is 15.0 Å². The highest BCUT2D eigenvalue weighted by Gasteiger charge is 2.21. The Labute approximate surface area is 120 Å². The van der Waals surface area contributed by atoms with Crippen LogP contribution in [0.5, 0.6) is 0 Å². The fourth-order valence-corrected chi connectivity index (χ4v) is 2.38. The number of hydrogen-bond acceptors (Lipinski definition) is 3. The zero-order valence-corrected chi connectivity index (χ0v) is 12.5. The van der Waals surface area contributed by atoms with E-state index in [4.69, 9.17) is 16.3 Å². The molecule has 0 unspecified atom stereocenters. The minimum atomic E-state index is 0.765. The number of rotatable bonds is 8. The van der Waals surface area contributed by atoms with Gasteiger partial charge in [-0.1, -0.05) is 17.7 Å². The second-order valence-corrected chi connectivity index (χ2v) is 5.66. The molecule has 0 heterocycles. The van der Waals surface area contributed by atoms with E-state index in [1.165, 1.54) is 18.4 Å². The Morgan fingerprint density at radius 2 is 2.21 bits per heavy atom. The van der Waals surface area contributed by atoms with E-state index in [-0.39, 0.29) is 0 Å². The first-order valence-electron chi connectivity index (χ1n) is 6.92. The molecule has 2 rings (SSSR count). The van der Waals surface area contributed by atoms with E-state index < -0.39 is 0 Å². The summed E-state index contributed by atoms with van der Waals surface area (Å²) in [6.07, 6.45) is 2.68. The molecule has 3 nitrogen and oxygen atoms in total. The Bertz CT molecular complexity index is 407. The van der Waals surface area contributed by atoms with Crippen LogP contribution in [-0.2, 0) is 11.3 Å². The van der Waals surface area contributed by atoms with Gasteiger partial charge in [0.25, 0.3) is 0 Å².